The van der Waals surface area contributed by atoms with Gasteiger partial charge in [-0.2, -0.15) is 4.31 Å². The molecule has 32 heavy (non-hydrogen) atoms. The molecule has 0 aromatic heterocycles. The Morgan fingerprint density at radius 3 is 2.59 bits per heavy atom. The lowest BCUT2D eigenvalue weighted by Crippen LogP contribution is -2.64. The van der Waals surface area contributed by atoms with Crippen molar-refractivity contribution in [2.45, 2.75) is 29.8 Å². The number of rotatable bonds is 5. The van der Waals surface area contributed by atoms with Gasteiger partial charge in [0.2, 0.25) is 10.0 Å². The van der Waals surface area contributed by atoms with E-state index in [1.165, 1.54) is 28.6 Å². The van der Waals surface area contributed by atoms with E-state index in [2.05, 4.69) is 10.6 Å². The van der Waals surface area contributed by atoms with Gasteiger partial charge in [0.05, 0.1) is 24.1 Å². The topological polar surface area (TPSA) is 83.0 Å². The Hall–Kier alpha value is -2.20. The zero-order chi connectivity index (χ0) is 21.9. The van der Waals surface area contributed by atoms with Crippen LogP contribution < -0.4 is 15.4 Å². The Morgan fingerprint density at radius 2 is 1.91 bits per heavy atom. The van der Waals surface area contributed by atoms with Crippen LogP contribution in [0.1, 0.15) is 18.4 Å². The lowest BCUT2D eigenvalue weighted by molar-refractivity contribution is 0.241. The fourth-order valence-corrected chi connectivity index (χ4v) is 5.61. The zero-order valence-corrected chi connectivity index (χ0v) is 19.5. The van der Waals surface area contributed by atoms with Crippen molar-refractivity contribution < 1.29 is 17.5 Å². The number of nitrogens with one attached hydrogen (secondary N) is 2. The fourth-order valence-electron chi connectivity index (χ4n) is 4.17. The zero-order valence-electron chi connectivity index (χ0n) is 17.9. The summed E-state index contributed by atoms with van der Waals surface area (Å²) in [6.07, 6.45) is 1.22. The van der Waals surface area contributed by atoms with Crippen LogP contribution >= 0.6 is 12.4 Å². The van der Waals surface area contributed by atoms with Crippen LogP contribution in [0, 0.1) is 5.82 Å². The van der Waals surface area contributed by atoms with Crippen LogP contribution in [0.25, 0.3) is 0 Å². The smallest absolute Gasteiger partial charge is 0.243 e. The van der Waals surface area contributed by atoms with Crippen LogP contribution in [0.3, 0.4) is 0 Å². The lowest BCUT2D eigenvalue weighted by atomic mass is 9.85. The number of hydrogen-bond donors (Lipinski definition) is 2. The molecule has 10 heteroatoms. The summed E-state index contributed by atoms with van der Waals surface area (Å²) < 4.78 is 45.9. The van der Waals surface area contributed by atoms with Gasteiger partial charge in [0, 0.05) is 26.2 Å². The molecule has 2 heterocycles. The highest BCUT2D eigenvalue weighted by Crippen LogP contribution is 2.29. The molecule has 0 radical (unpaired) electrons. The SMILES string of the molecule is COc1cccc(CNC2=NCCNC23CCN(S(=O)(=O)c2ccc(F)cc2)CC3)c1.Cl. The largest absolute Gasteiger partial charge is 0.497 e. The van der Waals surface area contributed by atoms with Crippen LogP contribution in [-0.4, -0.2) is 57.4 Å². The first-order chi connectivity index (χ1) is 14.9. The second-order valence-corrected chi connectivity index (χ2v) is 9.74. The van der Waals surface area contributed by atoms with E-state index in [9.17, 15) is 12.8 Å². The first kappa shape index (κ1) is 24.4. The second kappa shape index (κ2) is 10.2. The van der Waals surface area contributed by atoms with Crippen molar-refractivity contribution in [1.82, 2.24) is 14.9 Å². The van der Waals surface area contributed by atoms with E-state index in [0.29, 0.717) is 39.0 Å². The Kier molecular flexibility index (Phi) is 7.76. The van der Waals surface area contributed by atoms with Crippen LogP contribution in [0.4, 0.5) is 4.39 Å². The maximum absolute atomic E-state index is 13.2. The molecule has 4 rings (SSSR count). The summed E-state index contributed by atoms with van der Waals surface area (Å²) >= 11 is 0. The predicted molar refractivity (Wildman–Crippen MR) is 125 cm³/mol. The third-order valence-corrected chi connectivity index (χ3v) is 7.83. The summed E-state index contributed by atoms with van der Waals surface area (Å²) in [6, 6.07) is 12.8. The third kappa shape index (κ3) is 5.06. The van der Waals surface area contributed by atoms with Gasteiger partial charge in [-0.15, -0.1) is 12.4 Å². The van der Waals surface area contributed by atoms with E-state index >= 15 is 0 Å². The molecule has 2 aliphatic heterocycles. The minimum Gasteiger partial charge on any atom is -0.497 e. The van der Waals surface area contributed by atoms with Crippen LogP contribution in [-0.2, 0) is 16.6 Å². The molecule has 1 fully saturated rings. The molecule has 0 atom stereocenters. The van der Waals surface area contributed by atoms with Gasteiger partial charge < -0.3 is 15.4 Å². The van der Waals surface area contributed by atoms with Crippen molar-refractivity contribution in [1.29, 1.82) is 0 Å². The summed E-state index contributed by atoms with van der Waals surface area (Å²) in [7, 11) is -2.01. The monoisotopic (exact) mass is 482 g/mol. The molecular formula is C22H28ClFN4O3S. The van der Waals surface area contributed by atoms with Gasteiger partial charge in [-0.25, -0.2) is 12.8 Å². The first-order valence-electron chi connectivity index (χ1n) is 10.4. The number of methoxy groups -OCH3 is 1. The number of nitrogens with zero attached hydrogens (tertiary/aromatic N) is 2. The molecule has 0 aliphatic carbocycles. The average Bonchev–Trinajstić information content (AvgIpc) is 2.79. The number of halogens is 2. The van der Waals surface area contributed by atoms with Crippen molar-refractivity contribution >= 4 is 28.3 Å². The summed E-state index contributed by atoms with van der Waals surface area (Å²) in [6.45, 7) is 2.78. The number of benzene rings is 2. The van der Waals surface area contributed by atoms with Crippen molar-refractivity contribution in [2.24, 2.45) is 4.99 Å². The maximum Gasteiger partial charge on any atom is 0.243 e. The van der Waals surface area contributed by atoms with Gasteiger partial charge >= 0.3 is 0 Å². The minimum absolute atomic E-state index is 0. The van der Waals surface area contributed by atoms with E-state index in [1.807, 2.05) is 24.3 Å². The summed E-state index contributed by atoms with van der Waals surface area (Å²) in [5.74, 6) is 1.23. The van der Waals surface area contributed by atoms with Crippen LogP contribution in [0.15, 0.2) is 58.4 Å². The van der Waals surface area contributed by atoms with E-state index in [4.69, 9.17) is 9.73 Å². The molecule has 2 N–H and O–H groups in total. The Morgan fingerprint density at radius 1 is 1.19 bits per heavy atom. The molecule has 1 saturated heterocycles. The molecule has 7 nitrogen and oxygen atoms in total. The number of piperidine rings is 1. The van der Waals surface area contributed by atoms with Crippen LogP contribution in [0.2, 0.25) is 0 Å². The highest BCUT2D eigenvalue weighted by molar-refractivity contribution is 7.89. The lowest BCUT2D eigenvalue weighted by Gasteiger charge is -2.44. The van der Waals surface area contributed by atoms with E-state index in [1.54, 1.807) is 7.11 Å². The summed E-state index contributed by atoms with van der Waals surface area (Å²) in [5, 5.41) is 7.04. The van der Waals surface area contributed by atoms with Gasteiger partial charge in [-0.3, -0.25) is 4.99 Å². The molecule has 0 unspecified atom stereocenters. The van der Waals surface area contributed by atoms with Gasteiger partial charge in [-0.1, -0.05) is 12.1 Å². The van der Waals surface area contributed by atoms with Crippen molar-refractivity contribution in [3.63, 3.8) is 0 Å². The number of hydrogen-bond acceptors (Lipinski definition) is 6. The molecule has 2 aromatic carbocycles. The summed E-state index contributed by atoms with van der Waals surface area (Å²) in [5.41, 5.74) is 0.713. The summed E-state index contributed by atoms with van der Waals surface area (Å²) in [4.78, 5) is 4.84. The fraction of sp³-hybridized carbons (Fsp3) is 0.409. The normalized spacial score (nSPS) is 18.5. The number of ether oxygens (including phenoxy) is 1. The van der Waals surface area contributed by atoms with E-state index < -0.39 is 15.8 Å². The minimum atomic E-state index is -3.65. The number of amidine groups is 1. The van der Waals surface area contributed by atoms with Gasteiger partial charge in [0.25, 0.3) is 0 Å². The predicted octanol–water partition coefficient (Wildman–Crippen LogP) is 2.57. The van der Waals surface area contributed by atoms with Crippen molar-refractivity contribution in [2.75, 3.05) is 33.3 Å². The molecule has 1 spiro atoms. The Bertz CT molecular complexity index is 1060. The van der Waals surface area contributed by atoms with Crippen LogP contribution in [0.5, 0.6) is 5.75 Å². The van der Waals surface area contributed by atoms with E-state index in [-0.39, 0.29) is 22.8 Å². The molecule has 2 aliphatic rings. The molecule has 0 amide bonds. The third-order valence-electron chi connectivity index (χ3n) is 5.92. The molecule has 174 valence electrons. The van der Waals surface area contributed by atoms with Crippen molar-refractivity contribution in [3.8, 4) is 5.75 Å². The Balaban J connectivity index is 0.00000289. The standard InChI is InChI=1S/C22H27FN4O3S.ClH/c1-30-19-4-2-3-17(15-19)16-25-21-22(26-12-11-24-21)9-13-27(14-10-22)31(28,29)20-7-5-18(23)6-8-20;/h2-8,15,26H,9-14,16H2,1H3,(H,24,25);1H. The Labute approximate surface area is 194 Å². The van der Waals surface area contributed by atoms with Gasteiger partial charge in [0.15, 0.2) is 0 Å². The van der Waals surface area contributed by atoms with Gasteiger partial charge in [-0.05, 0) is 54.8 Å². The molecule has 0 saturated carbocycles. The maximum atomic E-state index is 13.2. The quantitative estimate of drug-likeness (QED) is 0.684. The molecular weight excluding hydrogens is 455 g/mol. The second-order valence-electron chi connectivity index (χ2n) is 7.80. The number of aliphatic imine (C=N–C) groups is 1. The highest BCUT2D eigenvalue weighted by Gasteiger charge is 2.43. The highest BCUT2D eigenvalue weighted by atomic mass is 35.5. The number of sulfonamides is 1. The average molecular weight is 483 g/mol. The molecule has 2 aromatic rings. The van der Waals surface area contributed by atoms with Crippen molar-refractivity contribution in [3.05, 3.63) is 59.9 Å². The van der Waals surface area contributed by atoms with E-state index in [0.717, 1.165) is 23.7 Å². The molecule has 0 bridgehead atoms. The first-order valence-corrected chi connectivity index (χ1v) is 11.8. The van der Waals surface area contributed by atoms with Gasteiger partial charge in [0.1, 0.15) is 17.4 Å².